The molecule has 33 heavy (non-hydrogen) atoms. The summed E-state index contributed by atoms with van der Waals surface area (Å²) in [6, 6.07) is 16.9. The summed E-state index contributed by atoms with van der Waals surface area (Å²) < 4.78 is 5.21. The molecule has 1 aromatic heterocycles. The van der Waals surface area contributed by atoms with Crippen LogP contribution >= 0.6 is 11.3 Å². The third-order valence-corrected chi connectivity index (χ3v) is 6.28. The van der Waals surface area contributed by atoms with E-state index in [1.807, 2.05) is 64.9 Å². The second-order valence-electron chi connectivity index (χ2n) is 7.66. The summed E-state index contributed by atoms with van der Waals surface area (Å²) in [5, 5.41) is 7.89. The number of nitrogens with zero attached hydrogens (tertiary/aromatic N) is 3. The van der Waals surface area contributed by atoms with Crippen molar-refractivity contribution in [3.05, 3.63) is 65.7 Å². The van der Waals surface area contributed by atoms with Gasteiger partial charge in [0.15, 0.2) is 5.13 Å². The highest BCUT2D eigenvalue weighted by Crippen LogP contribution is 2.21. The number of piperazine rings is 1. The number of carbonyl (C=O) groups excluding carboxylic acids is 2. The van der Waals surface area contributed by atoms with E-state index in [-0.39, 0.29) is 11.9 Å². The van der Waals surface area contributed by atoms with Crippen LogP contribution in [0.5, 0.6) is 5.75 Å². The molecular weight excluding hydrogens is 438 g/mol. The first-order valence-corrected chi connectivity index (χ1v) is 11.7. The molecule has 9 heteroatoms. The van der Waals surface area contributed by atoms with Gasteiger partial charge >= 0.3 is 6.03 Å². The second kappa shape index (κ2) is 10.8. The highest BCUT2D eigenvalue weighted by molar-refractivity contribution is 7.13. The maximum Gasteiger partial charge on any atom is 0.325 e. The van der Waals surface area contributed by atoms with Gasteiger partial charge in [-0.15, -0.1) is 11.3 Å². The van der Waals surface area contributed by atoms with Gasteiger partial charge in [-0.1, -0.05) is 18.2 Å². The quantitative estimate of drug-likeness (QED) is 0.549. The van der Waals surface area contributed by atoms with Crippen LogP contribution in [-0.2, 0) is 11.2 Å². The minimum absolute atomic E-state index is 0.133. The number of hydrogen-bond donors (Lipinski definition) is 2. The number of anilines is 3. The summed E-state index contributed by atoms with van der Waals surface area (Å²) >= 11 is 1.35. The van der Waals surface area contributed by atoms with E-state index in [1.54, 1.807) is 7.11 Å². The van der Waals surface area contributed by atoms with Gasteiger partial charge in [0.2, 0.25) is 5.91 Å². The molecule has 0 atom stereocenters. The molecule has 2 heterocycles. The third kappa shape index (κ3) is 6.23. The van der Waals surface area contributed by atoms with E-state index in [9.17, 15) is 9.59 Å². The van der Waals surface area contributed by atoms with Gasteiger partial charge in [0, 0.05) is 49.4 Å². The van der Waals surface area contributed by atoms with Crippen LogP contribution in [-0.4, -0.2) is 55.1 Å². The van der Waals surface area contributed by atoms with Gasteiger partial charge in [-0.25, -0.2) is 9.78 Å². The largest absolute Gasteiger partial charge is 0.497 e. The number of aromatic nitrogens is 1. The molecule has 4 rings (SSSR count). The number of carbonyl (C=O) groups is 2. The molecule has 2 aromatic carbocycles. The van der Waals surface area contributed by atoms with E-state index in [4.69, 9.17) is 4.74 Å². The van der Waals surface area contributed by atoms with Crippen molar-refractivity contribution in [2.24, 2.45) is 0 Å². The number of nitrogens with one attached hydrogen (secondary N) is 2. The predicted octanol–water partition coefficient (Wildman–Crippen LogP) is 4.08. The van der Waals surface area contributed by atoms with Gasteiger partial charge in [-0.3, -0.25) is 10.1 Å². The lowest BCUT2D eigenvalue weighted by Crippen LogP contribution is -2.48. The van der Waals surface area contributed by atoms with E-state index in [0.29, 0.717) is 36.8 Å². The molecule has 1 aliphatic heterocycles. The highest BCUT2D eigenvalue weighted by atomic mass is 32.1. The van der Waals surface area contributed by atoms with Crippen LogP contribution in [0.15, 0.2) is 60.0 Å². The molecule has 8 nitrogen and oxygen atoms in total. The Morgan fingerprint density at radius 3 is 2.42 bits per heavy atom. The van der Waals surface area contributed by atoms with E-state index in [0.717, 1.165) is 30.2 Å². The summed E-state index contributed by atoms with van der Waals surface area (Å²) in [5.74, 6) is 0.971. The monoisotopic (exact) mass is 465 g/mol. The molecule has 0 spiro atoms. The van der Waals surface area contributed by atoms with Gasteiger partial charge in [0.1, 0.15) is 5.75 Å². The highest BCUT2D eigenvalue weighted by Gasteiger charge is 2.21. The molecule has 0 bridgehead atoms. The number of thiazole rings is 1. The normalized spacial score (nSPS) is 13.5. The van der Waals surface area contributed by atoms with E-state index in [2.05, 4.69) is 20.5 Å². The van der Waals surface area contributed by atoms with Crippen molar-refractivity contribution in [2.75, 3.05) is 48.8 Å². The van der Waals surface area contributed by atoms with Gasteiger partial charge in [-0.05, 0) is 42.8 Å². The number of aryl methyl sites for hydroxylation is 1. The number of rotatable bonds is 7. The van der Waals surface area contributed by atoms with Crippen LogP contribution in [0.3, 0.4) is 0 Å². The predicted molar refractivity (Wildman–Crippen MR) is 131 cm³/mol. The molecule has 0 unspecified atom stereocenters. The number of urea groups is 1. The SMILES string of the molecule is COc1ccc(N2CCN(C(=O)CCc3csc(NC(=O)Nc4ccccc4)n3)CC2)cc1. The van der Waals surface area contributed by atoms with Crippen molar-refractivity contribution in [1.82, 2.24) is 9.88 Å². The van der Waals surface area contributed by atoms with Crippen molar-refractivity contribution in [3.8, 4) is 5.75 Å². The topological polar surface area (TPSA) is 86.8 Å². The molecule has 0 aliphatic carbocycles. The maximum atomic E-state index is 12.7. The first-order valence-electron chi connectivity index (χ1n) is 10.8. The Balaban J connectivity index is 1.20. The zero-order chi connectivity index (χ0) is 23.0. The Hall–Kier alpha value is -3.59. The minimum Gasteiger partial charge on any atom is -0.497 e. The standard InChI is InChI=1S/C24H27N5O3S/c1-32-21-10-8-20(9-11-21)28-13-15-29(16-14-28)22(30)12-7-19-17-33-24(26-19)27-23(31)25-18-5-3-2-4-6-18/h2-6,8-11,17H,7,12-16H2,1H3,(H2,25,26,27,31). The lowest BCUT2D eigenvalue weighted by Gasteiger charge is -2.36. The van der Waals surface area contributed by atoms with Crippen LogP contribution in [0.2, 0.25) is 0 Å². The Bertz CT molecular complexity index is 1060. The summed E-state index contributed by atoms with van der Waals surface area (Å²) in [6.45, 7) is 3.02. The number of hydrogen-bond acceptors (Lipinski definition) is 6. The van der Waals surface area contributed by atoms with Crippen molar-refractivity contribution in [2.45, 2.75) is 12.8 Å². The number of ether oxygens (including phenoxy) is 1. The first-order chi connectivity index (χ1) is 16.1. The van der Waals surface area contributed by atoms with E-state index >= 15 is 0 Å². The molecule has 2 N–H and O–H groups in total. The minimum atomic E-state index is -0.340. The number of para-hydroxylation sites is 1. The molecular formula is C24H27N5O3S. The fourth-order valence-corrected chi connectivity index (χ4v) is 4.40. The second-order valence-corrected chi connectivity index (χ2v) is 8.51. The fourth-order valence-electron chi connectivity index (χ4n) is 3.66. The summed E-state index contributed by atoms with van der Waals surface area (Å²) in [6.07, 6.45) is 0.956. The Morgan fingerprint density at radius 1 is 1.00 bits per heavy atom. The molecule has 3 aromatic rings. The molecule has 1 saturated heterocycles. The lowest BCUT2D eigenvalue weighted by atomic mass is 10.2. The van der Waals surface area contributed by atoms with Crippen molar-refractivity contribution in [1.29, 1.82) is 0 Å². The first kappa shape index (κ1) is 22.6. The molecule has 1 aliphatic rings. The smallest absolute Gasteiger partial charge is 0.325 e. The van der Waals surface area contributed by atoms with Crippen molar-refractivity contribution in [3.63, 3.8) is 0 Å². The Kier molecular flexibility index (Phi) is 7.41. The zero-order valence-corrected chi connectivity index (χ0v) is 19.3. The van der Waals surface area contributed by atoms with E-state index < -0.39 is 0 Å². The van der Waals surface area contributed by atoms with E-state index in [1.165, 1.54) is 11.3 Å². The van der Waals surface area contributed by atoms with Crippen molar-refractivity contribution < 1.29 is 14.3 Å². The molecule has 1 fully saturated rings. The average Bonchev–Trinajstić information content (AvgIpc) is 3.30. The lowest BCUT2D eigenvalue weighted by molar-refractivity contribution is -0.131. The summed E-state index contributed by atoms with van der Waals surface area (Å²) in [4.78, 5) is 33.4. The summed E-state index contributed by atoms with van der Waals surface area (Å²) in [7, 11) is 1.66. The number of amides is 3. The summed E-state index contributed by atoms with van der Waals surface area (Å²) in [5.41, 5.74) is 2.66. The molecule has 3 amide bonds. The molecule has 0 radical (unpaired) electrons. The Labute approximate surface area is 197 Å². The number of methoxy groups -OCH3 is 1. The molecule has 172 valence electrons. The van der Waals surface area contributed by atoms with Crippen LogP contribution in [0, 0.1) is 0 Å². The van der Waals surface area contributed by atoms with Gasteiger partial charge in [-0.2, -0.15) is 0 Å². The molecule has 0 saturated carbocycles. The fraction of sp³-hybridized carbons (Fsp3) is 0.292. The number of benzene rings is 2. The van der Waals surface area contributed by atoms with Crippen LogP contribution in [0.4, 0.5) is 21.3 Å². The van der Waals surface area contributed by atoms with Gasteiger partial charge < -0.3 is 19.9 Å². The average molecular weight is 466 g/mol. The van der Waals surface area contributed by atoms with Gasteiger partial charge in [0.05, 0.1) is 12.8 Å². The zero-order valence-electron chi connectivity index (χ0n) is 18.5. The van der Waals surface area contributed by atoms with Crippen molar-refractivity contribution >= 4 is 39.8 Å². The van der Waals surface area contributed by atoms with Gasteiger partial charge in [0.25, 0.3) is 0 Å². The van der Waals surface area contributed by atoms with Crippen LogP contribution in [0.25, 0.3) is 0 Å². The van der Waals surface area contributed by atoms with Crippen LogP contribution < -0.4 is 20.3 Å². The maximum absolute atomic E-state index is 12.7. The van der Waals surface area contributed by atoms with Crippen LogP contribution in [0.1, 0.15) is 12.1 Å². The third-order valence-electron chi connectivity index (χ3n) is 5.47. The Morgan fingerprint density at radius 2 is 1.73 bits per heavy atom.